The zero-order valence-corrected chi connectivity index (χ0v) is 23.2. The van der Waals surface area contributed by atoms with Crippen molar-refractivity contribution in [3.8, 4) is 11.4 Å². The van der Waals surface area contributed by atoms with Crippen LogP contribution in [-0.2, 0) is 22.8 Å². The van der Waals surface area contributed by atoms with Crippen molar-refractivity contribution in [3.63, 3.8) is 0 Å². The summed E-state index contributed by atoms with van der Waals surface area (Å²) in [6.45, 7) is 7.65. The van der Waals surface area contributed by atoms with Crippen molar-refractivity contribution >= 4 is 26.8 Å². The Morgan fingerprint density at radius 1 is 1.03 bits per heavy atom. The zero-order chi connectivity index (χ0) is 27.7. The molecule has 0 bridgehead atoms. The third-order valence-electron chi connectivity index (χ3n) is 6.98. The Balaban J connectivity index is 1.54. The van der Waals surface area contributed by atoms with Gasteiger partial charge in [0.2, 0.25) is 0 Å². The molecule has 0 saturated heterocycles. The number of fused-ring (bicyclic) bond motifs is 1. The maximum absolute atomic E-state index is 13.6. The standard InChI is InChI=1S/C26H31N9O3S/c1-5-15(4)35-25-19(12-29-23(34-25)21-18(6-2)31-14-32-22(21)16-8-9-16)33-24(26(35)36)30-13-20-27-10-17(11-28-20)39(37,38)7-3/h10-12,14-16H,5-9,13H2,1-4H3,(H,30,33)/t15-/m1/s1. The highest BCUT2D eigenvalue weighted by atomic mass is 32.2. The zero-order valence-electron chi connectivity index (χ0n) is 22.4. The second-order valence-corrected chi connectivity index (χ2v) is 11.9. The molecule has 204 valence electrons. The molecule has 1 aliphatic rings. The topological polar surface area (TPSA) is 158 Å². The molecule has 39 heavy (non-hydrogen) atoms. The third kappa shape index (κ3) is 5.22. The van der Waals surface area contributed by atoms with Crippen molar-refractivity contribution in [2.45, 2.75) is 76.8 Å². The third-order valence-corrected chi connectivity index (χ3v) is 8.66. The molecule has 0 amide bonds. The molecular formula is C26H31N9O3S. The second kappa shape index (κ2) is 10.7. The lowest BCUT2D eigenvalue weighted by atomic mass is 10.1. The summed E-state index contributed by atoms with van der Waals surface area (Å²) >= 11 is 0. The summed E-state index contributed by atoms with van der Waals surface area (Å²) in [6.07, 6.45) is 9.36. The molecule has 1 fully saturated rings. The van der Waals surface area contributed by atoms with Crippen LogP contribution in [0.25, 0.3) is 22.6 Å². The van der Waals surface area contributed by atoms with E-state index in [2.05, 4.69) is 35.2 Å². The van der Waals surface area contributed by atoms with Crippen LogP contribution in [0.2, 0.25) is 0 Å². The van der Waals surface area contributed by atoms with E-state index in [9.17, 15) is 13.2 Å². The number of nitrogens with zero attached hydrogens (tertiary/aromatic N) is 8. The number of aryl methyl sites for hydroxylation is 1. The molecule has 1 atom stereocenters. The normalized spacial score (nSPS) is 14.5. The summed E-state index contributed by atoms with van der Waals surface area (Å²) in [5.74, 6) is 1.29. The summed E-state index contributed by atoms with van der Waals surface area (Å²) in [4.78, 5) is 45.0. The summed E-state index contributed by atoms with van der Waals surface area (Å²) in [5.41, 5.74) is 3.28. The van der Waals surface area contributed by atoms with Crippen LogP contribution in [0.15, 0.2) is 34.6 Å². The van der Waals surface area contributed by atoms with Crippen LogP contribution in [-0.4, -0.2) is 53.6 Å². The molecule has 0 spiro atoms. The van der Waals surface area contributed by atoms with E-state index in [1.807, 2.05) is 20.8 Å². The van der Waals surface area contributed by atoms with Crippen LogP contribution in [0.1, 0.15) is 76.1 Å². The van der Waals surface area contributed by atoms with Crippen molar-refractivity contribution in [2.75, 3.05) is 11.1 Å². The lowest BCUT2D eigenvalue weighted by molar-refractivity contribution is 0.526. The van der Waals surface area contributed by atoms with Gasteiger partial charge in [-0.15, -0.1) is 0 Å². The number of nitrogens with one attached hydrogen (secondary N) is 1. The van der Waals surface area contributed by atoms with E-state index in [1.165, 1.54) is 12.4 Å². The molecule has 1 saturated carbocycles. The molecule has 1 N–H and O–H groups in total. The van der Waals surface area contributed by atoms with Gasteiger partial charge in [0, 0.05) is 24.4 Å². The van der Waals surface area contributed by atoms with E-state index in [4.69, 9.17) is 4.98 Å². The largest absolute Gasteiger partial charge is 0.358 e. The summed E-state index contributed by atoms with van der Waals surface area (Å²) < 4.78 is 25.7. The number of rotatable bonds is 10. The van der Waals surface area contributed by atoms with Crippen LogP contribution >= 0.6 is 0 Å². The fraction of sp³-hybridized carbons (Fsp3) is 0.462. The highest BCUT2D eigenvalue weighted by Crippen LogP contribution is 2.43. The molecule has 1 aliphatic carbocycles. The van der Waals surface area contributed by atoms with Crippen LogP contribution in [0.5, 0.6) is 0 Å². The van der Waals surface area contributed by atoms with E-state index >= 15 is 0 Å². The maximum Gasteiger partial charge on any atom is 0.295 e. The fourth-order valence-corrected chi connectivity index (χ4v) is 5.13. The Bertz CT molecular complexity index is 1680. The highest BCUT2D eigenvalue weighted by molar-refractivity contribution is 7.91. The first-order chi connectivity index (χ1) is 18.8. The van der Waals surface area contributed by atoms with E-state index in [0.29, 0.717) is 41.6 Å². The Hall–Kier alpha value is -3.87. The number of aromatic nitrogens is 8. The summed E-state index contributed by atoms with van der Waals surface area (Å²) in [5, 5.41) is 3.02. The quantitative estimate of drug-likeness (QED) is 0.309. The molecule has 0 aliphatic heterocycles. The summed E-state index contributed by atoms with van der Waals surface area (Å²) in [7, 11) is -3.40. The lowest BCUT2D eigenvalue weighted by Gasteiger charge is -2.18. The molecule has 0 radical (unpaired) electrons. The van der Waals surface area contributed by atoms with Gasteiger partial charge in [0.15, 0.2) is 27.1 Å². The molecule has 0 unspecified atom stereocenters. The number of sulfone groups is 1. The van der Waals surface area contributed by atoms with Crippen LogP contribution in [0.4, 0.5) is 5.82 Å². The van der Waals surface area contributed by atoms with E-state index < -0.39 is 9.84 Å². The molecule has 4 aromatic heterocycles. The van der Waals surface area contributed by atoms with Gasteiger partial charge in [-0.05, 0) is 32.6 Å². The predicted molar refractivity (Wildman–Crippen MR) is 146 cm³/mol. The minimum Gasteiger partial charge on any atom is -0.358 e. The van der Waals surface area contributed by atoms with Gasteiger partial charge in [-0.1, -0.05) is 20.8 Å². The number of hydrogen-bond donors (Lipinski definition) is 1. The Kier molecular flexibility index (Phi) is 7.34. The molecule has 4 heterocycles. The van der Waals surface area contributed by atoms with E-state index in [-0.39, 0.29) is 34.6 Å². The fourth-order valence-electron chi connectivity index (χ4n) is 4.37. The van der Waals surface area contributed by atoms with Crippen molar-refractivity contribution in [2.24, 2.45) is 0 Å². The molecule has 4 aromatic rings. The van der Waals surface area contributed by atoms with Crippen molar-refractivity contribution < 1.29 is 8.42 Å². The van der Waals surface area contributed by atoms with Crippen LogP contribution in [0, 0.1) is 0 Å². The Morgan fingerprint density at radius 3 is 2.41 bits per heavy atom. The van der Waals surface area contributed by atoms with E-state index in [0.717, 1.165) is 29.8 Å². The average Bonchev–Trinajstić information content (AvgIpc) is 3.81. The minimum atomic E-state index is -3.40. The highest BCUT2D eigenvalue weighted by Gasteiger charge is 2.31. The SMILES string of the molecule is CCc1ncnc(C2CC2)c1-c1ncc2nc(NCc3ncc(S(=O)(=O)CC)cn3)c(=O)n([C@H](C)CC)c2n1. The Morgan fingerprint density at radius 2 is 1.77 bits per heavy atom. The molecule has 5 rings (SSSR count). The monoisotopic (exact) mass is 549 g/mol. The van der Waals surface area contributed by atoms with Gasteiger partial charge in [-0.2, -0.15) is 0 Å². The molecule has 13 heteroatoms. The maximum atomic E-state index is 13.6. The summed E-state index contributed by atoms with van der Waals surface area (Å²) in [6, 6.07) is -0.151. The van der Waals surface area contributed by atoms with Gasteiger partial charge < -0.3 is 5.32 Å². The number of anilines is 1. The van der Waals surface area contributed by atoms with Crippen molar-refractivity contribution in [3.05, 3.63) is 52.5 Å². The minimum absolute atomic E-state index is 0.0349. The lowest BCUT2D eigenvalue weighted by Crippen LogP contribution is -2.28. The van der Waals surface area contributed by atoms with Crippen LogP contribution < -0.4 is 10.9 Å². The Labute approximate surface area is 226 Å². The van der Waals surface area contributed by atoms with Gasteiger partial charge >= 0.3 is 0 Å². The number of hydrogen-bond acceptors (Lipinski definition) is 11. The van der Waals surface area contributed by atoms with Gasteiger partial charge in [0.1, 0.15) is 22.6 Å². The molecule has 12 nitrogen and oxygen atoms in total. The smallest absolute Gasteiger partial charge is 0.295 e. The second-order valence-electron chi connectivity index (χ2n) is 9.60. The van der Waals surface area contributed by atoms with Crippen molar-refractivity contribution in [1.82, 2.24) is 39.5 Å². The van der Waals surface area contributed by atoms with E-state index in [1.54, 1.807) is 24.0 Å². The van der Waals surface area contributed by atoms with Gasteiger partial charge in [-0.3, -0.25) is 9.36 Å². The predicted octanol–water partition coefficient (Wildman–Crippen LogP) is 3.25. The molecular weight excluding hydrogens is 518 g/mol. The van der Waals surface area contributed by atoms with Crippen LogP contribution in [0.3, 0.4) is 0 Å². The first kappa shape index (κ1) is 26.7. The van der Waals surface area contributed by atoms with Gasteiger partial charge in [0.05, 0.1) is 35.4 Å². The van der Waals surface area contributed by atoms with Gasteiger partial charge in [0.25, 0.3) is 5.56 Å². The average molecular weight is 550 g/mol. The van der Waals surface area contributed by atoms with Crippen molar-refractivity contribution in [1.29, 1.82) is 0 Å². The molecule has 0 aromatic carbocycles. The first-order valence-electron chi connectivity index (χ1n) is 13.2. The van der Waals surface area contributed by atoms with Gasteiger partial charge in [-0.25, -0.2) is 43.3 Å². The first-order valence-corrected chi connectivity index (χ1v) is 14.8.